The summed E-state index contributed by atoms with van der Waals surface area (Å²) in [6.45, 7) is 6.71. The number of unbranched alkanes of at least 4 members (excludes halogenated alkanes) is 42. The van der Waals surface area contributed by atoms with E-state index in [1.807, 2.05) is 0 Å². The van der Waals surface area contributed by atoms with E-state index in [4.69, 9.17) is 14.2 Å². The molecule has 0 unspecified atom stereocenters. The summed E-state index contributed by atoms with van der Waals surface area (Å²) in [6, 6.07) is 0. The standard InChI is InChI=1S/C57H110O6.CH4/c1-4-7-10-13-16-19-22-25-28-31-34-37-40-43-46-49-55(58)61-52-54(63-57(60)51-48-45-42-39-36-33-30-27-24-21-18-15-12-9-6-3)53-62-56(59)50-47-44-41-38-35-32-29-26-23-20-17-14-11-8-5-2;/h54H,4-53H2,1-3H3;1H4. The predicted octanol–water partition coefficient (Wildman–Crippen LogP) is 19.4. The van der Waals surface area contributed by atoms with Crippen LogP contribution in [0.25, 0.3) is 0 Å². The van der Waals surface area contributed by atoms with E-state index in [0.717, 1.165) is 57.8 Å². The second-order valence-electron chi connectivity index (χ2n) is 19.6. The van der Waals surface area contributed by atoms with Crippen molar-refractivity contribution in [2.45, 2.75) is 343 Å². The van der Waals surface area contributed by atoms with Gasteiger partial charge in [0, 0.05) is 19.3 Å². The molecule has 0 spiro atoms. The molecule has 0 saturated carbocycles. The molecular formula is C58H114O6. The molecule has 6 heteroatoms. The fraction of sp³-hybridized carbons (Fsp3) is 0.948. The molecule has 0 aromatic rings. The van der Waals surface area contributed by atoms with Crippen LogP contribution in [-0.4, -0.2) is 37.2 Å². The van der Waals surface area contributed by atoms with E-state index < -0.39 is 6.10 Å². The van der Waals surface area contributed by atoms with Crippen LogP contribution in [0.1, 0.15) is 336 Å². The first kappa shape index (κ1) is 64.5. The number of hydrogen-bond donors (Lipinski definition) is 0. The molecule has 0 bridgehead atoms. The Hall–Kier alpha value is -1.59. The summed E-state index contributed by atoms with van der Waals surface area (Å²) in [4.78, 5) is 38.1. The maximum absolute atomic E-state index is 12.8. The van der Waals surface area contributed by atoms with Gasteiger partial charge < -0.3 is 14.2 Å². The van der Waals surface area contributed by atoms with Crippen molar-refractivity contribution in [2.75, 3.05) is 13.2 Å². The van der Waals surface area contributed by atoms with Gasteiger partial charge in [-0.2, -0.15) is 0 Å². The van der Waals surface area contributed by atoms with Crippen LogP contribution in [0.2, 0.25) is 0 Å². The molecule has 382 valence electrons. The van der Waals surface area contributed by atoms with Crippen molar-refractivity contribution in [3.63, 3.8) is 0 Å². The summed E-state index contributed by atoms with van der Waals surface area (Å²) < 4.78 is 16.9. The monoisotopic (exact) mass is 907 g/mol. The molecule has 6 nitrogen and oxygen atoms in total. The van der Waals surface area contributed by atoms with Crippen molar-refractivity contribution in [3.8, 4) is 0 Å². The van der Waals surface area contributed by atoms with Crippen LogP contribution in [0.4, 0.5) is 0 Å². The van der Waals surface area contributed by atoms with E-state index in [0.29, 0.717) is 19.3 Å². The van der Waals surface area contributed by atoms with E-state index in [1.54, 1.807) is 0 Å². The number of carbonyl (C=O) groups is 3. The fourth-order valence-corrected chi connectivity index (χ4v) is 8.80. The van der Waals surface area contributed by atoms with Crippen LogP contribution in [0.15, 0.2) is 0 Å². The van der Waals surface area contributed by atoms with Crippen LogP contribution in [-0.2, 0) is 28.6 Å². The Kier molecular flexibility index (Phi) is 56.2. The Balaban J connectivity index is 0. The van der Waals surface area contributed by atoms with Gasteiger partial charge in [-0.1, -0.05) is 298 Å². The van der Waals surface area contributed by atoms with E-state index >= 15 is 0 Å². The maximum Gasteiger partial charge on any atom is 0.306 e. The van der Waals surface area contributed by atoms with Gasteiger partial charge in [0.15, 0.2) is 6.10 Å². The SMILES string of the molecule is C.CCCCCCCCCCCCCCCCCC(=O)OCC(COC(=O)CCCCCCCCCCCCCCCCC)OC(=O)CCCCCCCCCCCCCCCCC. The first-order valence-corrected chi connectivity index (χ1v) is 28.5. The van der Waals surface area contributed by atoms with Crippen LogP contribution < -0.4 is 0 Å². The van der Waals surface area contributed by atoms with Gasteiger partial charge in [-0.05, 0) is 19.3 Å². The van der Waals surface area contributed by atoms with E-state index in [-0.39, 0.29) is 38.5 Å². The molecule has 0 saturated heterocycles. The minimum absolute atomic E-state index is 0. The molecule has 0 radical (unpaired) electrons. The van der Waals surface area contributed by atoms with Crippen molar-refractivity contribution in [1.82, 2.24) is 0 Å². The first-order chi connectivity index (χ1) is 31.0. The van der Waals surface area contributed by atoms with E-state index in [9.17, 15) is 14.4 Å². The van der Waals surface area contributed by atoms with E-state index in [1.165, 1.54) is 231 Å². The van der Waals surface area contributed by atoms with Crippen LogP contribution in [0, 0.1) is 0 Å². The summed E-state index contributed by atoms with van der Waals surface area (Å²) in [5, 5.41) is 0. The Morgan fingerprint density at radius 1 is 0.266 bits per heavy atom. The van der Waals surface area contributed by atoms with Gasteiger partial charge in [0.05, 0.1) is 0 Å². The van der Waals surface area contributed by atoms with Gasteiger partial charge in [0.2, 0.25) is 0 Å². The Labute approximate surface area is 400 Å². The molecule has 0 atom stereocenters. The van der Waals surface area contributed by atoms with Crippen molar-refractivity contribution >= 4 is 17.9 Å². The maximum atomic E-state index is 12.8. The van der Waals surface area contributed by atoms with Gasteiger partial charge in [-0.3, -0.25) is 14.4 Å². The average Bonchev–Trinajstić information content (AvgIpc) is 3.28. The van der Waals surface area contributed by atoms with Crippen LogP contribution >= 0.6 is 0 Å². The van der Waals surface area contributed by atoms with Crippen LogP contribution in [0.3, 0.4) is 0 Å². The molecule has 0 amide bonds. The predicted molar refractivity (Wildman–Crippen MR) is 277 cm³/mol. The second kappa shape index (κ2) is 55.7. The summed E-state index contributed by atoms with van der Waals surface area (Å²) >= 11 is 0. The van der Waals surface area contributed by atoms with Gasteiger partial charge in [0.1, 0.15) is 13.2 Å². The zero-order valence-electron chi connectivity index (χ0n) is 42.9. The third-order valence-electron chi connectivity index (χ3n) is 13.1. The summed E-state index contributed by atoms with van der Waals surface area (Å²) in [7, 11) is 0. The first-order valence-electron chi connectivity index (χ1n) is 28.5. The quantitative estimate of drug-likeness (QED) is 0.0344. The highest BCUT2D eigenvalue weighted by atomic mass is 16.6. The van der Waals surface area contributed by atoms with Crippen molar-refractivity contribution in [3.05, 3.63) is 0 Å². The molecule has 0 aliphatic rings. The van der Waals surface area contributed by atoms with Gasteiger partial charge in [-0.15, -0.1) is 0 Å². The van der Waals surface area contributed by atoms with Gasteiger partial charge >= 0.3 is 17.9 Å². The number of esters is 3. The molecule has 0 aliphatic carbocycles. The molecule has 0 aliphatic heterocycles. The number of carbonyl (C=O) groups excluding carboxylic acids is 3. The Morgan fingerprint density at radius 2 is 0.438 bits per heavy atom. The lowest BCUT2D eigenvalue weighted by atomic mass is 10.0. The fourth-order valence-electron chi connectivity index (χ4n) is 8.80. The molecule has 0 rings (SSSR count). The zero-order chi connectivity index (χ0) is 45.8. The molecule has 0 N–H and O–H groups in total. The largest absolute Gasteiger partial charge is 0.462 e. The highest BCUT2D eigenvalue weighted by Gasteiger charge is 2.19. The molecule has 64 heavy (non-hydrogen) atoms. The van der Waals surface area contributed by atoms with Crippen molar-refractivity contribution < 1.29 is 28.6 Å². The minimum atomic E-state index is -0.760. The molecule has 0 fully saturated rings. The Bertz CT molecular complexity index is 886. The third-order valence-corrected chi connectivity index (χ3v) is 13.1. The zero-order valence-corrected chi connectivity index (χ0v) is 42.9. The average molecular weight is 908 g/mol. The topological polar surface area (TPSA) is 78.9 Å². The molecule has 0 aromatic heterocycles. The number of hydrogen-bond acceptors (Lipinski definition) is 6. The smallest absolute Gasteiger partial charge is 0.306 e. The molecule has 0 aromatic carbocycles. The Morgan fingerprint density at radius 3 is 0.641 bits per heavy atom. The summed E-state index contributed by atoms with van der Waals surface area (Å²) in [5.74, 6) is -0.832. The molecular weight excluding hydrogens is 793 g/mol. The lowest BCUT2D eigenvalue weighted by Gasteiger charge is -2.18. The third kappa shape index (κ3) is 53.0. The van der Waals surface area contributed by atoms with Crippen molar-refractivity contribution in [1.29, 1.82) is 0 Å². The molecule has 0 heterocycles. The number of rotatable bonds is 53. The highest BCUT2D eigenvalue weighted by Crippen LogP contribution is 2.17. The summed E-state index contributed by atoms with van der Waals surface area (Å²) in [6.07, 6.45) is 58.0. The van der Waals surface area contributed by atoms with Gasteiger partial charge in [-0.25, -0.2) is 0 Å². The van der Waals surface area contributed by atoms with Crippen molar-refractivity contribution in [2.24, 2.45) is 0 Å². The lowest BCUT2D eigenvalue weighted by Crippen LogP contribution is -2.30. The van der Waals surface area contributed by atoms with E-state index in [2.05, 4.69) is 20.8 Å². The number of ether oxygens (including phenoxy) is 3. The highest BCUT2D eigenvalue weighted by molar-refractivity contribution is 5.71. The van der Waals surface area contributed by atoms with Gasteiger partial charge in [0.25, 0.3) is 0 Å². The minimum Gasteiger partial charge on any atom is -0.462 e. The second-order valence-corrected chi connectivity index (χ2v) is 19.6. The lowest BCUT2D eigenvalue weighted by molar-refractivity contribution is -0.167. The van der Waals surface area contributed by atoms with Crippen LogP contribution in [0.5, 0.6) is 0 Å². The summed E-state index contributed by atoms with van der Waals surface area (Å²) in [5.41, 5.74) is 0. The normalized spacial score (nSPS) is 11.2.